The minimum absolute atomic E-state index is 0.0796. The molecule has 1 unspecified atom stereocenters. The number of carbonyl (C=O) groups excluding carboxylic acids is 2. The van der Waals surface area contributed by atoms with Gasteiger partial charge in [0.1, 0.15) is 6.04 Å². The molecule has 1 aromatic heterocycles. The van der Waals surface area contributed by atoms with Gasteiger partial charge in [-0.2, -0.15) is 18.3 Å². The second-order valence-electron chi connectivity index (χ2n) is 7.16. The Morgan fingerprint density at radius 1 is 1.09 bits per heavy atom. The number of ether oxygens (including phenoxy) is 1. The molecule has 1 atom stereocenters. The molecule has 1 heterocycles. The number of halogens is 3. The van der Waals surface area contributed by atoms with Gasteiger partial charge in [-0.1, -0.05) is 42.5 Å². The van der Waals surface area contributed by atoms with Gasteiger partial charge in [-0.25, -0.2) is 9.48 Å². The van der Waals surface area contributed by atoms with Crippen LogP contribution in [0, 0.1) is 6.92 Å². The zero-order chi connectivity index (χ0) is 24.2. The summed E-state index contributed by atoms with van der Waals surface area (Å²) in [6.07, 6.45) is -4.60. The van der Waals surface area contributed by atoms with Gasteiger partial charge in [0.25, 0.3) is 5.91 Å². The number of alkyl halides is 3. The highest BCUT2D eigenvalue weighted by molar-refractivity contribution is 5.95. The summed E-state index contributed by atoms with van der Waals surface area (Å²) in [5.74, 6) is -1.76. The van der Waals surface area contributed by atoms with Gasteiger partial charge in [0.05, 0.1) is 18.4 Å². The van der Waals surface area contributed by atoms with Crippen molar-refractivity contribution in [2.45, 2.75) is 25.6 Å². The number of rotatable bonds is 6. The predicted molar refractivity (Wildman–Crippen MR) is 113 cm³/mol. The summed E-state index contributed by atoms with van der Waals surface area (Å²) in [5, 5.41) is 6.31. The third-order valence-corrected chi connectivity index (χ3v) is 4.83. The molecule has 1 amide bonds. The number of amides is 1. The topological polar surface area (TPSA) is 90.3 Å². The van der Waals surface area contributed by atoms with Crippen molar-refractivity contribution >= 4 is 11.9 Å². The Balaban J connectivity index is 1.99. The maximum atomic E-state index is 13.5. The normalized spacial score (nSPS) is 12.2. The SMILES string of the molecule is COC(=O)C(Cc1ccccc1)NC(=O)c1nn(-c2ccccc2C(F)(F)F)c(C)cc1=O. The lowest BCUT2D eigenvalue weighted by Gasteiger charge is -2.18. The zero-order valence-electron chi connectivity index (χ0n) is 17.7. The minimum Gasteiger partial charge on any atom is -0.467 e. The van der Waals surface area contributed by atoms with Crippen molar-refractivity contribution in [2.24, 2.45) is 0 Å². The number of methoxy groups -OCH3 is 1. The van der Waals surface area contributed by atoms with Gasteiger partial charge in [-0.05, 0) is 24.6 Å². The van der Waals surface area contributed by atoms with E-state index >= 15 is 0 Å². The summed E-state index contributed by atoms with van der Waals surface area (Å²) in [4.78, 5) is 37.5. The third-order valence-electron chi connectivity index (χ3n) is 4.83. The Hall–Kier alpha value is -3.95. The van der Waals surface area contributed by atoms with Crippen LogP contribution in [0.5, 0.6) is 0 Å². The number of nitrogens with one attached hydrogen (secondary N) is 1. The van der Waals surface area contributed by atoms with Crippen LogP contribution in [0.25, 0.3) is 5.69 Å². The fourth-order valence-electron chi connectivity index (χ4n) is 3.26. The van der Waals surface area contributed by atoms with E-state index in [1.807, 2.05) is 0 Å². The van der Waals surface area contributed by atoms with Crippen LogP contribution in [0.4, 0.5) is 13.2 Å². The number of para-hydroxylation sites is 1. The van der Waals surface area contributed by atoms with Crippen LogP contribution in [-0.4, -0.2) is 34.8 Å². The molecule has 0 saturated heterocycles. The Morgan fingerprint density at radius 3 is 2.36 bits per heavy atom. The Labute approximate surface area is 186 Å². The molecule has 0 aliphatic rings. The van der Waals surface area contributed by atoms with E-state index in [-0.39, 0.29) is 17.8 Å². The third kappa shape index (κ3) is 5.46. The molecule has 3 rings (SSSR count). The van der Waals surface area contributed by atoms with Gasteiger partial charge in [0.2, 0.25) is 5.43 Å². The highest BCUT2D eigenvalue weighted by Crippen LogP contribution is 2.33. The largest absolute Gasteiger partial charge is 0.467 e. The van der Waals surface area contributed by atoms with Gasteiger partial charge >= 0.3 is 12.1 Å². The van der Waals surface area contributed by atoms with E-state index < -0.39 is 40.8 Å². The monoisotopic (exact) mass is 459 g/mol. The molecule has 0 radical (unpaired) electrons. The molecule has 0 spiro atoms. The second-order valence-corrected chi connectivity index (χ2v) is 7.16. The number of hydrogen-bond donors (Lipinski definition) is 1. The Morgan fingerprint density at radius 2 is 1.73 bits per heavy atom. The zero-order valence-corrected chi connectivity index (χ0v) is 17.7. The van der Waals surface area contributed by atoms with Crippen molar-refractivity contribution in [3.63, 3.8) is 0 Å². The minimum atomic E-state index is -4.68. The smallest absolute Gasteiger partial charge is 0.418 e. The number of aromatic nitrogens is 2. The molecule has 7 nitrogen and oxygen atoms in total. The van der Waals surface area contributed by atoms with Gasteiger partial charge in [0, 0.05) is 18.2 Å². The standard InChI is InChI=1S/C23H20F3N3O4/c1-14-12-19(30)20(28-29(14)18-11-7-6-10-16(18)23(24,25)26)21(31)27-17(22(32)33-2)13-15-8-4-3-5-9-15/h3-12,17H,13H2,1-2H3,(H,27,31). The Bertz CT molecular complexity index is 1220. The molecular formula is C23H20F3N3O4. The number of nitrogens with zero attached hydrogens (tertiary/aromatic N) is 2. The highest BCUT2D eigenvalue weighted by Gasteiger charge is 2.34. The first-order valence-electron chi connectivity index (χ1n) is 9.82. The molecule has 0 bridgehead atoms. The number of hydrogen-bond acceptors (Lipinski definition) is 5. The lowest BCUT2D eigenvalue weighted by molar-refractivity contribution is -0.143. The second kappa shape index (κ2) is 9.68. The first kappa shape index (κ1) is 23.7. The van der Waals surface area contributed by atoms with E-state index in [1.165, 1.54) is 25.1 Å². The van der Waals surface area contributed by atoms with Crippen molar-refractivity contribution in [1.29, 1.82) is 0 Å². The molecule has 0 aliphatic carbocycles. The number of carbonyl (C=O) groups is 2. The molecule has 3 aromatic rings. The molecule has 0 aliphatic heterocycles. The fraction of sp³-hybridized carbons (Fsp3) is 0.217. The van der Waals surface area contributed by atoms with E-state index in [0.717, 1.165) is 29.5 Å². The van der Waals surface area contributed by atoms with Crippen LogP contribution in [0.2, 0.25) is 0 Å². The average Bonchev–Trinajstić information content (AvgIpc) is 2.78. The van der Waals surface area contributed by atoms with Crippen LogP contribution in [0.15, 0.2) is 65.5 Å². The van der Waals surface area contributed by atoms with Gasteiger partial charge in [-0.15, -0.1) is 0 Å². The molecule has 10 heteroatoms. The van der Waals surface area contributed by atoms with E-state index in [2.05, 4.69) is 10.4 Å². The molecule has 172 valence electrons. The molecule has 0 saturated carbocycles. The first-order valence-corrected chi connectivity index (χ1v) is 9.82. The average molecular weight is 459 g/mol. The fourth-order valence-corrected chi connectivity index (χ4v) is 3.26. The number of aryl methyl sites for hydroxylation is 1. The van der Waals surface area contributed by atoms with Crippen LogP contribution >= 0.6 is 0 Å². The molecule has 1 N–H and O–H groups in total. The van der Waals surface area contributed by atoms with Crippen molar-refractivity contribution in [3.05, 3.63) is 93.4 Å². The lowest BCUT2D eigenvalue weighted by Crippen LogP contribution is -2.45. The van der Waals surface area contributed by atoms with Crippen molar-refractivity contribution < 1.29 is 27.5 Å². The van der Waals surface area contributed by atoms with Crippen LogP contribution in [-0.2, 0) is 22.1 Å². The van der Waals surface area contributed by atoms with E-state index in [0.29, 0.717) is 0 Å². The molecular weight excluding hydrogens is 439 g/mol. The van der Waals surface area contributed by atoms with Crippen molar-refractivity contribution in [2.75, 3.05) is 7.11 Å². The molecule has 33 heavy (non-hydrogen) atoms. The Kier molecular flexibility index (Phi) is 6.95. The van der Waals surface area contributed by atoms with Crippen molar-refractivity contribution in [1.82, 2.24) is 15.1 Å². The van der Waals surface area contributed by atoms with Crippen LogP contribution < -0.4 is 10.7 Å². The van der Waals surface area contributed by atoms with Crippen LogP contribution in [0.3, 0.4) is 0 Å². The number of esters is 1. The van der Waals surface area contributed by atoms with Crippen LogP contribution in [0.1, 0.15) is 27.3 Å². The van der Waals surface area contributed by atoms with E-state index in [9.17, 15) is 27.6 Å². The summed E-state index contributed by atoms with van der Waals surface area (Å²) in [6.45, 7) is 1.40. The highest BCUT2D eigenvalue weighted by atomic mass is 19.4. The summed E-state index contributed by atoms with van der Waals surface area (Å²) < 4.78 is 46.0. The first-order chi connectivity index (χ1) is 15.6. The van der Waals surface area contributed by atoms with Gasteiger partial charge < -0.3 is 10.1 Å². The molecule has 2 aromatic carbocycles. The number of benzene rings is 2. The van der Waals surface area contributed by atoms with Gasteiger partial charge in [0.15, 0.2) is 5.69 Å². The summed E-state index contributed by atoms with van der Waals surface area (Å²) in [6, 6.07) is 13.3. The molecule has 0 fully saturated rings. The predicted octanol–water partition coefficient (Wildman–Crippen LogP) is 3.07. The summed E-state index contributed by atoms with van der Waals surface area (Å²) >= 11 is 0. The van der Waals surface area contributed by atoms with Gasteiger partial charge in [-0.3, -0.25) is 9.59 Å². The van der Waals surface area contributed by atoms with Crippen molar-refractivity contribution in [3.8, 4) is 5.69 Å². The lowest BCUT2D eigenvalue weighted by atomic mass is 10.1. The maximum absolute atomic E-state index is 13.5. The summed E-state index contributed by atoms with van der Waals surface area (Å²) in [5.41, 5.74) is -1.95. The quantitative estimate of drug-likeness (QED) is 0.573. The van der Waals surface area contributed by atoms with E-state index in [1.54, 1.807) is 30.3 Å². The summed E-state index contributed by atoms with van der Waals surface area (Å²) in [7, 11) is 1.15. The van der Waals surface area contributed by atoms with E-state index in [4.69, 9.17) is 4.74 Å². The maximum Gasteiger partial charge on any atom is 0.418 e.